The van der Waals surface area contributed by atoms with Crippen molar-refractivity contribution in [2.75, 3.05) is 6.61 Å². The molecule has 2 aliphatic rings. The van der Waals surface area contributed by atoms with Crippen LogP contribution in [0.15, 0.2) is 0 Å². The van der Waals surface area contributed by atoms with Gasteiger partial charge in [-0.1, -0.05) is 46.5 Å². The smallest absolute Gasteiger partial charge is 0.0490 e. The van der Waals surface area contributed by atoms with Crippen molar-refractivity contribution in [3.05, 3.63) is 0 Å². The molecule has 2 saturated carbocycles. The van der Waals surface area contributed by atoms with Crippen LogP contribution in [-0.4, -0.2) is 11.7 Å². The number of hydrogen-bond acceptors (Lipinski definition) is 1. The molecule has 1 nitrogen and oxygen atoms in total. The van der Waals surface area contributed by atoms with E-state index in [0.29, 0.717) is 12.0 Å². The van der Waals surface area contributed by atoms with Crippen molar-refractivity contribution in [1.29, 1.82) is 0 Å². The van der Waals surface area contributed by atoms with Crippen LogP contribution in [0.1, 0.15) is 85.0 Å². The predicted octanol–water partition coefficient (Wildman–Crippen LogP) is 5.17. The van der Waals surface area contributed by atoms with Crippen LogP contribution < -0.4 is 0 Å². The monoisotopic (exact) mass is 266 g/mol. The van der Waals surface area contributed by atoms with Gasteiger partial charge < -0.3 is 5.11 Å². The van der Waals surface area contributed by atoms with E-state index >= 15 is 0 Å². The minimum absolute atomic E-state index is 0.284. The SMILES string of the molecule is CC(C)(C)C1CCC(CO)(C2CCCCCC2)CC1. The Morgan fingerprint density at radius 3 is 1.84 bits per heavy atom. The fourth-order valence-electron chi connectivity index (χ4n) is 4.65. The van der Waals surface area contributed by atoms with Crippen LogP contribution in [0.4, 0.5) is 0 Å². The van der Waals surface area contributed by atoms with Crippen molar-refractivity contribution in [1.82, 2.24) is 0 Å². The molecule has 112 valence electrons. The summed E-state index contributed by atoms with van der Waals surface area (Å²) in [5.41, 5.74) is 0.733. The summed E-state index contributed by atoms with van der Waals surface area (Å²) in [4.78, 5) is 0. The van der Waals surface area contributed by atoms with Gasteiger partial charge in [-0.05, 0) is 61.2 Å². The fourth-order valence-corrected chi connectivity index (χ4v) is 4.65. The summed E-state index contributed by atoms with van der Waals surface area (Å²) in [6, 6.07) is 0. The molecule has 0 radical (unpaired) electrons. The Hall–Kier alpha value is -0.0400. The molecular weight excluding hydrogens is 232 g/mol. The zero-order valence-electron chi connectivity index (χ0n) is 13.4. The minimum atomic E-state index is 0.284. The molecule has 0 bridgehead atoms. The molecule has 0 saturated heterocycles. The van der Waals surface area contributed by atoms with Gasteiger partial charge in [0.05, 0.1) is 0 Å². The van der Waals surface area contributed by atoms with Crippen LogP contribution in [0.3, 0.4) is 0 Å². The Bertz CT molecular complexity index is 260. The average Bonchev–Trinajstić information content (AvgIpc) is 2.67. The Morgan fingerprint density at radius 1 is 0.895 bits per heavy atom. The third-order valence-corrected chi connectivity index (χ3v) is 6.24. The van der Waals surface area contributed by atoms with Gasteiger partial charge in [-0.25, -0.2) is 0 Å². The molecule has 19 heavy (non-hydrogen) atoms. The van der Waals surface area contributed by atoms with Crippen LogP contribution in [0.25, 0.3) is 0 Å². The van der Waals surface area contributed by atoms with Gasteiger partial charge >= 0.3 is 0 Å². The van der Waals surface area contributed by atoms with Crippen LogP contribution in [-0.2, 0) is 0 Å². The largest absolute Gasteiger partial charge is 0.396 e. The topological polar surface area (TPSA) is 20.2 Å². The zero-order valence-corrected chi connectivity index (χ0v) is 13.4. The summed E-state index contributed by atoms with van der Waals surface area (Å²) in [5, 5.41) is 10.1. The first-order valence-corrected chi connectivity index (χ1v) is 8.59. The second kappa shape index (κ2) is 6.16. The highest BCUT2D eigenvalue weighted by atomic mass is 16.3. The third kappa shape index (κ3) is 3.54. The summed E-state index contributed by atoms with van der Waals surface area (Å²) in [5.74, 6) is 1.67. The Balaban J connectivity index is 2.00. The van der Waals surface area contributed by atoms with Gasteiger partial charge in [-0.2, -0.15) is 0 Å². The molecule has 0 aromatic heterocycles. The first-order chi connectivity index (χ1) is 8.98. The molecule has 0 aromatic rings. The average molecular weight is 266 g/mol. The van der Waals surface area contributed by atoms with Gasteiger partial charge in [0.25, 0.3) is 0 Å². The highest BCUT2D eigenvalue weighted by molar-refractivity contribution is 4.93. The number of aliphatic hydroxyl groups is 1. The van der Waals surface area contributed by atoms with E-state index in [4.69, 9.17) is 0 Å². The summed E-state index contributed by atoms with van der Waals surface area (Å²) in [6.45, 7) is 7.59. The van der Waals surface area contributed by atoms with Gasteiger partial charge in [0.15, 0.2) is 0 Å². The quantitative estimate of drug-likeness (QED) is 0.683. The third-order valence-electron chi connectivity index (χ3n) is 6.24. The van der Waals surface area contributed by atoms with Crippen LogP contribution >= 0.6 is 0 Å². The van der Waals surface area contributed by atoms with E-state index < -0.39 is 0 Å². The first-order valence-electron chi connectivity index (χ1n) is 8.59. The fraction of sp³-hybridized carbons (Fsp3) is 1.00. The van der Waals surface area contributed by atoms with Gasteiger partial charge in [0, 0.05) is 6.61 Å². The van der Waals surface area contributed by atoms with Gasteiger partial charge in [-0.15, -0.1) is 0 Å². The van der Waals surface area contributed by atoms with E-state index in [9.17, 15) is 5.11 Å². The highest BCUT2D eigenvalue weighted by Gasteiger charge is 2.43. The van der Waals surface area contributed by atoms with E-state index in [1.54, 1.807) is 0 Å². The molecule has 0 aromatic carbocycles. The van der Waals surface area contributed by atoms with Crippen LogP contribution in [0.5, 0.6) is 0 Å². The number of rotatable bonds is 2. The molecule has 0 aliphatic heterocycles. The molecule has 2 aliphatic carbocycles. The van der Waals surface area contributed by atoms with Crippen molar-refractivity contribution in [3.63, 3.8) is 0 Å². The number of aliphatic hydroxyl groups excluding tert-OH is 1. The first kappa shape index (κ1) is 15.4. The Labute approximate surface area is 120 Å². The maximum atomic E-state index is 10.1. The molecule has 0 heterocycles. The van der Waals surface area contributed by atoms with Crippen molar-refractivity contribution in [2.45, 2.75) is 85.0 Å². The van der Waals surface area contributed by atoms with Crippen molar-refractivity contribution in [2.24, 2.45) is 22.7 Å². The summed E-state index contributed by atoms with van der Waals surface area (Å²) < 4.78 is 0. The van der Waals surface area contributed by atoms with Gasteiger partial charge in [-0.3, -0.25) is 0 Å². The summed E-state index contributed by atoms with van der Waals surface area (Å²) >= 11 is 0. The number of hydrogen-bond donors (Lipinski definition) is 1. The van der Waals surface area contributed by atoms with Crippen molar-refractivity contribution >= 4 is 0 Å². The maximum absolute atomic E-state index is 10.1. The molecule has 1 heteroatoms. The standard InChI is InChI=1S/C18H34O/c1-17(2,3)15-10-12-18(14-19,13-11-15)16-8-6-4-5-7-9-16/h15-16,19H,4-14H2,1-3H3. The summed E-state index contributed by atoms with van der Waals surface area (Å²) in [6.07, 6.45) is 13.6. The lowest BCUT2D eigenvalue weighted by atomic mass is 9.59. The van der Waals surface area contributed by atoms with Crippen LogP contribution in [0.2, 0.25) is 0 Å². The molecule has 1 N–H and O–H groups in total. The van der Waals surface area contributed by atoms with Crippen molar-refractivity contribution < 1.29 is 5.11 Å². The lowest BCUT2D eigenvalue weighted by Crippen LogP contribution is -2.40. The predicted molar refractivity (Wildman–Crippen MR) is 82.1 cm³/mol. The zero-order chi connectivity index (χ0) is 13.9. The van der Waals surface area contributed by atoms with Gasteiger partial charge in [0.2, 0.25) is 0 Å². The van der Waals surface area contributed by atoms with E-state index in [-0.39, 0.29) is 5.41 Å². The van der Waals surface area contributed by atoms with E-state index in [0.717, 1.165) is 11.8 Å². The molecule has 0 atom stereocenters. The normalized spacial score (nSPS) is 35.1. The molecule has 0 unspecified atom stereocenters. The Kier molecular flexibility index (Phi) is 4.98. The molecule has 0 amide bonds. The minimum Gasteiger partial charge on any atom is -0.396 e. The van der Waals surface area contributed by atoms with E-state index in [2.05, 4.69) is 20.8 Å². The molecule has 0 spiro atoms. The lowest BCUT2D eigenvalue weighted by Gasteiger charge is -2.47. The van der Waals surface area contributed by atoms with Crippen LogP contribution in [0, 0.1) is 22.7 Å². The second-order valence-electron chi connectivity index (χ2n) is 8.35. The van der Waals surface area contributed by atoms with E-state index in [1.165, 1.54) is 64.2 Å². The maximum Gasteiger partial charge on any atom is 0.0490 e. The highest BCUT2D eigenvalue weighted by Crippen LogP contribution is 2.51. The van der Waals surface area contributed by atoms with Gasteiger partial charge in [0.1, 0.15) is 0 Å². The van der Waals surface area contributed by atoms with E-state index in [1.807, 2.05) is 0 Å². The second-order valence-corrected chi connectivity index (χ2v) is 8.35. The molecule has 2 fully saturated rings. The molecule has 2 rings (SSSR count). The molecular formula is C18H34O. The lowest BCUT2D eigenvalue weighted by molar-refractivity contribution is -0.0142. The Morgan fingerprint density at radius 2 is 1.42 bits per heavy atom. The van der Waals surface area contributed by atoms with Crippen molar-refractivity contribution in [3.8, 4) is 0 Å². The summed E-state index contributed by atoms with van der Waals surface area (Å²) in [7, 11) is 0.